The number of nitrogens with zero attached hydrogens (tertiary/aromatic N) is 1. The van der Waals surface area contributed by atoms with Crippen molar-refractivity contribution < 1.29 is 14.7 Å². The summed E-state index contributed by atoms with van der Waals surface area (Å²) in [5, 5.41) is 11.8. The van der Waals surface area contributed by atoms with E-state index in [1.807, 2.05) is 4.90 Å². The Morgan fingerprint density at radius 3 is 2.37 bits per heavy atom. The Bertz CT molecular complexity index is 299. The van der Waals surface area contributed by atoms with Crippen LogP contribution in [0.2, 0.25) is 0 Å². The number of piperidine rings is 1. The molecule has 2 N–H and O–H groups in total. The molecule has 2 amide bonds. The van der Waals surface area contributed by atoms with Gasteiger partial charge in [-0.25, -0.2) is 4.79 Å². The molecule has 0 aromatic carbocycles. The van der Waals surface area contributed by atoms with Gasteiger partial charge in [-0.05, 0) is 37.5 Å². The topological polar surface area (TPSA) is 69.6 Å². The highest BCUT2D eigenvalue weighted by Crippen LogP contribution is 2.15. The number of hydrogen-bond donors (Lipinski definition) is 2. The molecule has 1 atom stereocenters. The molecule has 1 heterocycles. The quantitative estimate of drug-likeness (QED) is 0.778. The summed E-state index contributed by atoms with van der Waals surface area (Å²) in [5.74, 6) is -0.333. The Balaban J connectivity index is 2.36. The second-order valence-corrected chi connectivity index (χ2v) is 5.83. The van der Waals surface area contributed by atoms with Crippen molar-refractivity contribution in [1.29, 1.82) is 0 Å². The van der Waals surface area contributed by atoms with Gasteiger partial charge in [0.05, 0.1) is 0 Å². The van der Waals surface area contributed by atoms with Gasteiger partial charge in [0.25, 0.3) is 0 Å². The molecule has 0 radical (unpaired) electrons. The number of carbonyl (C=O) groups excluding carboxylic acids is 1. The SMILES string of the molecule is CC(C)CC(CNC(=O)N1CCCCC1)CC(=O)O. The molecular weight excluding hydrogens is 244 g/mol. The number of likely N-dealkylation sites (tertiary alicyclic amines) is 1. The van der Waals surface area contributed by atoms with Crippen molar-refractivity contribution in [1.82, 2.24) is 10.2 Å². The van der Waals surface area contributed by atoms with Crippen LogP contribution in [0.1, 0.15) is 46.0 Å². The van der Waals surface area contributed by atoms with E-state index in [-0.39, 0.29) is 18.4 Å². The normalized spacial score (nSPS) is 17.3. The third-order valence-corrected chi connectivity index (χ3v) is 3.45. The van der Waals surface area contributed by atoms with E-state index in [1.165, 1.54) is 6.42 Å². The highest BCUT2D eigenvalue weighted by Gasteiger charge is 2.19. The summed E-state index contributed by atoms with van der Waals surface area (Å²) in [4.78, 5) is 24.6. The highest BCUT2D eigenvalue weighted by atomic mass is 16.4. The van der Waals surface area contributed by atoms with E-state index in [0.717, 1.165) is 32.4 Å². The molecule has 0 bridgehead atoms. The van der Waals surface area contributed by atoms with Crippen LogP contribution >= 0.6 is 0 Å². The van der Waals surface area contributed by atoms with Crippen molar-refractivity contribution in [3.8, 4) is 0 Å². The lowest BCUT2D eigenvalue weighted by Crippen LogP contribution is -2.44. The lowest BCUT2D eigenvalue weighted by molar-refractivity contribution is -0.138. The molecule has 1 unspecified atom stereocenters. The molecule has 110 valence electrons. The summed E-state index contributed by atoms with van der Waals surface area (Å²) in [7, 11) is 0. The number of urea groups is 1. The maximum Gasteiger partial charge on any atom is 0.317 e. The van der Waals surface area contributed by atoms with Crippen molar-refractivity contribution in [3.05, 3.63) is 0 Å². The predicted octanol–water partition coefficient (Wildman–Crippen LogP) is 2.32. The molecule has 5 heteroatoms. The highest BCUT2D eigenvalue weighted by molar-refractivity contribution is 5.74. The maximum atomic E-state index is 11.9. The summed E-state index contributed by atoms with van der Waals surface area (Å²) in [5.41, 5.74) is 0. The minimum atomic E-state index is -0.794. The third-order valence-electron chi connectivity index (χ3n) is 3.45. The molecule has 1 aliphatic rings. The van der Waals surface area contributed by atoms with Crippen LogP contribution in [0.3, 0.4) is 0 Å². The second-order valence-electron chi connectivity index (χ2n) is 5.83. The van der Waals surface area contributed by atoms with Crippen molar-refractivity contribution in [2.24, 2.45) is 11.8 Å². The summed E-state index contributed by atoms with van der Waals surface area (Å²) in [6.45, 7) is 6.24. The third kappa shape index (κ3) is 6.45. The number of aliphatic carboxylic acids is 1. The van der Waals surface area contributed by atoms with Crippen molar-refractivity contribution >= 4 is 12.0 Å². The zero-order chi connectivity index (χ0) is 14.3. The molecule has 0 aromatic rings. The van der Waals surface area contributed by atoms with Gasteiger partial charge in [-0.15, -0.1) is 0 Å². The van der Waals surface area contributed by atoms with Crippen LogP contribution in [0.4, 0.5) is 4.79 Å². The molecular formula is C14H26N2O3. The molecule has 19 heavy (non-hydrogen) atoms. The van der Waals surface area contributed by atoms with E-state index in [9.17, 15) is 9.59 Å². The first kappa shape index (κ1) is 15.8. The first-order valence-electron chi connectivity index (χ1n) is 7.23. The fraction of sp³-hybridized carbons (Fsp3) is 0.857. The Morgan fingerprint density at radius 1 is 1.21 bits per heavy atom. The van der Waals surface area contributed by atoms with Crippen molar-refractivity contribution in [2.45, 2.75) is 46.0 Å². The largest absolute Gasteiger partial charge is 0.481 e. The number of carbonyl (C=O) groups is 2. The summed E-state index contributed by atoms with van der Waals surface area (Å²) >= 11 is 0. The van der Waals surface area contributed by atoms with E-state index in [2.05, 4.69) is 19.2 Å². The number of amides is 2. The van der Waals surface area contributed by atoms with Gasteiger partial charge < -0.3 is 15.3 Å². The average molecular weight is 270 g/mol. The van der Waals surface area contributed by atoms with Gasteiger partial charge in [0.1, 0.15) is 0 Å². The first-order valence-corrected chi connectivity index (χ1v) is 7.23. The molecule has 0 saturated carbocycles. The van der Waals surface area contributed by atoms with Gasteiger partial charge in [0.2, 0.25) is 0 Å². The van der Waals surface area contributed by atoms with Crippen LogP contribution in [0.5, 0.6) is 0 Å². The average Bonchev–Trinajstić information content (AvgIpc) is 2.35. The van der Waals surface area contributed by atoms with Gasteiger partial charge in [-0.3, -0.25) is 4.79 Å². The van der Waals surface area contributed by atoms with Crippen LogP contribution in [-0.2, 0) is 4.79 Å². The molecule has 0 aliphatic carbocycles. The first-order chi connectivity index (χ1) is 8.99. The molecule has 1 aliphatic heterocycles. The number of carboxylic acid groups (broad SMARTS) is 1. The van der Waals surface area contributed by atoms with Gasteiger partial charge in [0, 0.05) is 26.1 Å². The lowest BCUT2D eigenvalue weighted by atomic mass is 9.94. The maximum absolute atomic E-state index is 11.9. The van der Waals surface area contributed by atoms with Gasteiger partial charge in [-0.2, -0.15) is 0 Å². The zero-order valence-corrected chi connectivity index (χ0v) is 12.0. The Kier molecular flexibility index (Phi) is 6.67. The molecule has 1 saturated heterocycles. The predicted molar refractivity (Wildman–Crippen MR) is 74.0 cm³/mol. The smallest absolute Gasteiger partial charge is 0.317 e. The van der Waals surface area contributed by atoms with E-state index >= 15 is 0 Å². The number of hydrogen-bond acceptors (Lipinski definition) is 2. The molecule has 5 nitrogen and oxygen atoms in total. The Morgan fingerprint density at radius 2 is 1.84 bits per heavy atom. The zero-order valence-electron chi connectivity index (χ0n) is 12.0. The number of carboxylic acids is 1. The van der Waals surface area contributed by atoms with Crippen LogP contribution in [0.15, 0.2) is 0 Å². The standard InChI is InChI=1S/C14H26N2O3/c1-11(2)8-12(9-13(17)18)10-15-14(19)16-6-4-3-5-7-16/h11-12H,3-10H2,1-2H3,(H,15,19)(H,17,18). The van der Waals surface area contributed by atoms with E-state index in [1.54, 1.807) is 0 Å². The summed E-state index contributed by atoms with van der Waals surface area (Å²) < 4.78 is 0. The summed E-state index contributed by atoms with van der Waals surface area (Å²) in [6.07, 6.45) is 4.28. The number of nitrogens with one attached hydrogen (secondary N) is 1. The van der Waals surface area contributed by atoms with Crippen LogP contribution in [-0.4, -0.2) is 41.6 Å². The van der Waals surface area contributed by atoms with Gasteiger partial charge in [0.15, 0.2) is 0 Å². The molecule has 1 fully saturated rings. The van der Waals surface area contributed by atoms with Crippen LogP contribution < -0.4 is 5.32 Å². The van der Waals surface area contributed by atoms with Crippen molar-refractivity contribution in [3.63, 3.8) is 0 Å². The Hall–Kier alpha value is -1.26. The van der Waals surface area contributed by atoms with Crippen molar-refractivity contribution in [2.75, 3.05) is 19.6 Å². The molecule has 0 spiro atoms. The monoisotopic (exact) mass is 270 g/mol. The number of rotatable bonds is 6. The fourth-order valence-corrected chi connectivity index (χ4v) is 2.59. The molecule has 1 rings (SSSR count). The van der Waals surface area contributed by atoms with E-state index < -0.39 is 5.97 Å². The van der Waals surface area contributed by atoms with Gasteiger partial charge >= 0.3 is 12.0 Å². The van der Waals surface area contributed by atoms with Gasteiger partial charge in [-0.1, -0.05) is 13.8 Å². The molecule has 0 aromatic heterocycles. The van der Waals surface area contributed by atoms with E-state index in [4.69, 9.17) is 5.11 Å². The summed E-state index contributed by atoms with van der Waals surface area (Å²) in [6, 6.07) is -0.0427. The minimum Gasteiger partial charge on any atom is -0.481 e. The van der Waals surface area contributed by atoms with Crippen LogP contribution in [0, 0.1) is 11.8 Å². The van der Waals surface area contributed by atoms with E-state index in [0.29, 0.717) is 12.5 Å². The minimum absolute atomic E-state index is 0.0197. The Labute approximate surface area is 115 Å². The fourth-order valence-electron chi connectivity index (χ4n) is 2.59. The lowest BCUT2D eigenvalue weighted by Gasteiger charge is -2.28. The second kappa shape index (κ2) is 8.02. The van der Waals surface area contributed by atoms with Crippen LogP contribution in [0.25, 0.3) is 0 Å².